The second-order valence-corrected chi connectivity index (χ2v) is 5.30. The summed E-state index contributed by atoms with van der Waals surface area (Å²) in [5.74, 6) is -1.58. The van der Waals surface area contributed by atoms with Crippen LogP contribution in [0.4, 0.5) is 14.6 Å². The maximum absolute atomic E-state index is 13.8. The van der Waals surface area contributed by atoms with E-state index in [0.29, 0.717) is 13.0 Å². The molecule has 2 unspecified atom stereocenters. The Hall–Kier alpha value is -1.43. The minimum atomic E-state index is -0.769. The van der Waals surface area contributed by atoms with Gasteiger partial charge in [-0.15, -0.1) is 0 Å². The molecule has 4 nitrogen and oxygen atoms in total. The number of ether oxygens (including phenoxy) is 2. The number of rotatable bonds is 6. The van der Waals surface area contributed by atoms with Gasteiger partial charge in [0, 0.05) is 26.1 Å². The van der Waals surface area contributed by atoms with Crippen molar-refractivity contribution < 1.29 is 18.3 Å². The van der Waals surface area contributed by atoms with Crippen LogP contribution < -0.4 is 10.1 Å². The third-order valence-corrected chi connectivity index (χ3v) is 3.63. The van der Waals surface area contributed by atoms with Gasteiger partial charge in [0.1, 0.15) is 6.10 Å². The van der Waals surface area contributed by atoms with Crippen LogP contribution in [0.1, 0.15) is 39.0 Å². The molecule has 1 aliphatic rings. The Morgan fingerprint density at radius 3 is 2.76 bits per heavy atom. The van der Waals surface area contributed by atoms with E-state index in [0.717, 1.165) is 31.7 Å². The van der Waals surface area contributed by atoms with Gasteiger partial charge in [-0.25, -0.2) is 8.78 Å². The van der Waals surface area contributed by atoms with Crippen molar-refractivity contribution in [3.63, 3.8) is 0 Å². The first-order valence-electron chi connectivity index (χ1n) is 7.43. The number of aromatic nitrogens is 1. The van der Waals surface area contributed by atoms with E-state index in [4.69, 9.17) is 9.47 Å². The number of halogens is 2. The molecular formula is C15H22F2N2O2. The molecule has 2 rings (SSSR count). The summed E-state index contributed by atoms with van der Waals surface area (Å²) in [4.78, 5) is 3.93. The lowest BCUT2D eigenvalue weighted by Crippen LogP contribution is -2.30. The van der Waals surface area contributed by atoms with Crippen molar-refractivity contribution >= 4 is 5.82 Å². The molecule has 0 radical (unpaired) electrons. The van der Waals surface area contributed by atoms with Crippen LogP contribution in [0, 0.1) is 11.6 Å². The van der Waals surface area contributed by atoms with Crippen LogP contribution in [-0.2, 0) is 4.74 Å². The molecule has 0 aromatic carbocycles. The zero-order chi connectivity index (χ0) is 15.2. The van der Waals surface area contributed by atoms with Crippen molar-refractivity contribution in [1.82, 2.24) is 4.98 Å². The second-order valence-electron chi connectivity index (χ2n) is 5.30. The van der Waals surface area contributed by atoms with Crippen molar-refractivity contribution in [3.05, 3.63) is 17.7 Å². The fourth-order valence-electron chi connectivity index (χ4n) is 2.48. The Morgan fingerprint density at radius 1 is 1.29 bits per heavy atom. The first-order valence-corrected chi connectivity index (χ1v) is 7.43. The van der Waals surface area contributed by atoms with E-state index in [9.17, 15) is 8.78 Å². The van der Waals surface area contributed by atoms with E-state index in [1.807, 2.05) is 6.92 Å². The molecular weight excluding hydrogens is 278 g/mol. The zero-order valence-corrected chi connectivity index (χ0v) is 12.5. The van der Waals surface area contributed by atoms with Crippen LogP contribution >= 0.6 is 0 Å². The van der Waals surface area contributed by atoms with E-state index in [2.05, 4.69) is 10.3 Å². The number of nitrogens with one attached hydrogen (secondary N) is 1. The summed E-state index contributed by atoms with van der Waals surface area (Å²) in [7, 11) is 1.66. The predicted octanol–water partition coefficient (Wildman–Crippen LogP) is 3.52. The Bertz CT molecular complexity index is 471. The topological polar surface area (TPSA) is 43.4 Å². The molecule has 1 saturated carbocycles. The Kier molecular flexibility index (Phi) is 5.73. The summed E-state index contributed by atoms with van der Waals surface area (Å²) < 4.78 is 38.3. The average Bonchev–Trinajstić information content (AvgIpc) is 2.49. The third kappa shape index (κ3) is 4.27. The van der Waals surface area contributed by atoms with Gasteiger partial charge >= 0.3 is 0 Å². The first-order chi connectivity index (χ1) is 10.1. The van der Waals surface area contributed by atoms with Gasteiger partial charge in [-0.1, -0.05) is 6.92 Å². The van der Waals surface area contributed by atoms with Crippen molar-refractivity contribution in [3.8, 4) is 5.88 Å². The summed E-state index contributed by atoms with van der Waals surface area (Å²) in [6, 6.07) is 0.816. The van der Waals surface area contributed by atoms with Gasteiger partial charge in [0.05, 0.1) is 6.10 Å². The van der Waals surface area contributed by atoms with Crippen LogP contribution in [0.2, 0.25) is 0 Å². The number of pyridine rings is 1. The summed E-state index contributed by atoms with van der Waals surface area (Å²) >= 11 is 0. The van der Waals surface area contributed by atoms with Gasteiger partial charge < -0.3 is 14.8 Å². The molecule has 0 saturated heterocycles. The Balaban J connectivity index is 2.07. The largest absolute Gasteiger partial charge is 0.472 e. The predicted molar refractivity (Wildman–Crippen MR) is 76.6 cm³/mol. The van der Waals surface area contributed by atoms with Gasteiger partial charge in [-0.05, 0) is 25.7 Å². The first kappa shape index (κ1) is 15.9. The van der Waals surface area contributed by atoms with E-state index >= 15 is 0 Å². The van der Waals surface area contributed by atoms with Gasteiger partial charge in [0.25, 0.3) is 5.88 Å². The maximum atomic E-state index is 13.8. The average molecular weight is 300 g/mol. The van der Waals surface area contributed by atoms with Crippen LogP contribution in [-0.4, -0.2) is 30.8 Å². The van der Waals surface area contributed by atoms with Gasteiger partial charge in [-0.3, -0.25) is 0 Å². The van der Waals surface area contributed by atoms with Crippen LogP contribution in [0.25, 0.3) is 0 Å². The molecule has 1 fully saturated rings. The van der Waals surface area contributed by atoms with Crippen molar-refractivity contribution in [2.75, 3.05) is 19.0 Å². The molecule has 118 valence electrons. The molecule has 1 aliphatic carbocycles. The summed E-state index contributed by atoms with van der Waals surface area (Å²) in [5.41, 5.74) is 0. The highest BCUT2D eigenvalue weighted by Gasteiger charge is 2.25. The molecule has 0 spiro atoms. The monoisotopic (exact) mass is 300 g/mol. The van der Waals surface area contributed by atoms with Gasteiger partial charge in [-0.2, -0.15) is 4.98 Å². The molecule has 0 aliphatic heterocycles. The van der Waals surface area contributed by atoms with Crippen LogP contribution in [0.15, 0.2) is 6.07 Å². The molecule has 0 amide bonds. The molecule has 21 heavy (non-hydrogen) atoms. The quantitative estimate of drug-likeness (QED) is 0.873. The molecule has 1 aromatic rings. The lowest BCUT2D eigenvalue weighted by molar-refractivity contribution is 0.0181. The minimum absolute atomic E-state index is 0.0346. The fraction of sp³-hybridized carbons (Fsp3) is 0.667. The second kappa shape index (κ2) is 7.54. The number of anilines is 1. The smallest absolute Gasteiger partial charge is 0.252 e. The molecule has 2 atom stereocenters. The SMILES string of the molecule is CCCNc1nc(OC2CCCC(OC)C2)c(F)cc1F. The van der Waals surface area contributed by atoms with Gasteiger partial charge in [0.15, 0.2) is 17.5 Å². The van der Waals surface area contributed by atoms with Crippen molar-refractivity contribution in [1.29, 1.82) is 0 Å². The molecule has 1 heterocycles. The normalized spacial score (nSPS) is 22.1. The molecule has 1 N–H and O–H groups in total. The number of hydrogen-bond donors (Lipinski definition) is 1. The van der Waals surface area contributed by atoms with Crippen molar-refractivity contribution in [2.45, 2.75) is 51.2 Å². The standard InChI is InChI=1S/C15H22F2N2O2/c1-3-7-18-14-12(16)9-13(17)15(19-14)21-11-6-4-5-10(8-11)20-2/h9-11H,3-8H2,1-2H3,(H,18,19). The van der Waals surface area contributed by atoms with Crippen LogP contribution in [0.3, 0.4) is 0 Å². The highest BCUT2D eigenvalue weighted by atomic mass is 19.1. The number of nitrogens with zero attached hydrogens (tertiary/aromatic N) is 1. The molecule has 0 bridgehead atoms. The van der Waals surface area contributed by atoms with E-state index < -0.39 is 11.6 Å². The summed E-state index contributed by atoms with van der Waals surface area (Å²) in [6.07, 6.45) is 4.29. The molecule has 1 aromatic heterocycles. The highest BCUT2D eigenvalue weighted by Crippen LogP contribution is 2.27. The van der Waals surface area contributed by atoms with Crippen LogP contribution in [0.5, 0.6) is 5.88 Å². The number of hydrogen-bond acceptors (Lipinski definition) is 4. The zero-order valence-electron chi connectivity index (χ0n) is 12.5. The Morgan fingerprint density at radius 2 is 2.05 bits per heavy atom. The van der Waals surface area contributed by atoms with Crippen molar-refractivity contribution in [2.24, 2.45) is 0 Å². The molecule has 6 heteroatoms. The van der Waals surface area contributed by atoms with Gasteiger partial charge in [0.2, 0.25) is 0 Å². The van der Waals surface area contributed by atoms with E-state index in [1.165, 1.54) is 0 Å². The van der Waals surface area contributed by atoms with E-state index in [-0.39, 0.29) is 23.9 Å². The lowest BCUT2D eigenvalue weighted by Gasteiger charge is -2.28. The lowest BCUT2D eigenvalue weighted by atomic mass is 9.95. The Labute approximate surface area is 123 Å². The highest BCUT2D eigenvalue weighted by molar-refractivity contribution is 5.39. The minimum Gasteiger partial charge on any atom is -0.472 e. The summed E-state index contributed by atoms with van der Waals surface area (Å²) in [5, 5.41) is 2.83. The third-order valence-electron chi connectivity index (χ3n) is 3.63. The number of methoxy groups -OCH3 is 1. The maximum Gasteiger partial charge on any atom is 0.252 e. The summed E-state index contributed by atoms with van der Waals surface area (Å²) in [6.45, 7) is 2.53. The van der Waals surface area contributed by atoms with E-state index in [1.54, 1.807) is 7.11 Å². The fourth-order valence-corrected chi connectivity index (χ4v) is 2.48.